The second-order valence-corrected chi connectivity index (χ2v) is 6.10. The van der Waals surface area contributed by atoms with E-state index in [9.17, 15) is 4.79 Å². The minimum absolute atomic E-state index is 0.185. The number of aldehydes is 1. The molecule has 1 fully saturated rings. The predicted octanol–water partition coefficient (Wildman–Crippen LogP) is 2.61. The molecule has 0 N–H and O–H groups in total. The number of azide groups is 1. The third kappa shape index (κ3) is 3.10. The van der Waals surface area contributed by atoms with E-state index in [1.165, 1.54) is 0 Å². The van der Waals surface area contributed by atoms with E-state index in [2.05, 4.69) is 10.0 Å². The van der Waals surface area contributed by atoms with E-state index in [0.29, 0.717) is 5.56 Å². The van der Waals surface area contributed by atoms with Crippen LogP contribution in [0.4, 0.5) is 0 Å². The lowest BCUT2D eigenvalue weighted by atomic mass is 9.77. The molecule has 0 unspecified atom stereocenters. The Morgan fingerprint density at radius 3 is 2.38 bits per heavy atom. The van der Waals surface area contributed by atoms with Crippen LogP contribution in [0.25, 0.3) is 10.4 Å². The van der Waals surface area contributed by atoms with Gasteiger partial charge in [0, 0.05) is 10.5 Å². The van der Waals surface area contributed by atoms with E-state index in [-0.39, 0.29) is 6.54 Å². The average molecular weight is 287 g/mol. The first-order chi connectivity index (χ1) is 9.79. The van der Waals surface area contributed by atoms with Crippen LogP contribution >= 0.6 is 0 Å². The van der Waals surface area contributed by atoms with Crippen LogP contribution in [0.3, 0.4) is 0 Å². The van der Waals surface area contributed by atoms with Gasteiger partial charge in [-0.05, 0) is 50.3 Å². The monoisotopic (exact) mass is 287 g/mol. The SMILES string of the molecule is CC1(C)OB(c2cc(C=O)cc(CN=[N+]=[N-])c2)OC1(C)C. The summed E-state index contributed by atoms with van der Waals surface area (Å²) in [4.78, 5) is 13.8. The minimum Gasteiger partial charge on any atom is -0.399 e. The Balaban J connectivity index is 2.36. The summed E-state index contributed by atoms with van der Waals surface area (Å²) in [6.45, 7) is 8.06. The average Bonchev–Trinajstić information content (AvgIpc) is 2.65. The summed E-state index contributed by atoms with van der Waals surface area (Å²) in [7, 11) is -0.542. The van der Waals surface area contributed by atoms with Crippen LogP contribution in [-0.2, 0) is 15.9 Å². The van der Waals surface area contributed by atoms with Gasteiger partial charge in [0.25, 0.3) is 0 Å². The Morgan fingerprint density at radius 1 is 1.24 bits per heavy atom. The molecular formula is C14H18BN3O3. The maximum absolute atomic E-state index is 11.1. The Labute approximate surface area is 124 Å². The van der Waals surface area contributed by atoms with Crippen molar-refractivity contribution in [1.29, 1.82) is 0 Å². The summed E-state index contributed by atoms with van der Waals surface area (Å²) in [5.41, 5.74) is 9.53. The summed E-state index contributed by atoms with van der Waals surface area (Å²) >= 11 is 0. The molecule has 1 heterocycles. The van der Waals surface area contributed by atoms with Crippen molar-refractivity contribution in [3.05, 3.63) is 39.8 Å². The van der Waals surface area contributed by atoms with Crippen LogP contribution in [0.2, 0.25) is 0 Å². The number of rotatable bonds is 4. The maximum Gasteiger partial charge on any atom is 0.494 e. The van der Waals surface area contributed by atoms with Crippen molar-refractivity contribution in [2.24, 2.45) is 5.11 Å². The van der Waals surface area contributed by atoms with Crippen molar-refractivity contribution >= 4 is 18.9 Å². The fourth-order valence-electron chi connectivity index (χ4n) is 2.13. The first kappa shape index (κ1) is 15.6. The van der Waals surface area contributed by atoms with Gasteiger partial charge in [0.2, 0.25) is 0 Å². The Bertz CT molecular complexity index is 593. The van der Waals surface area contributed by atoms with Crippen molar-refractivity contribution in [1.82, 2.24) is 0 Å². The standard InChI is InChI=1S/C14H18BN3O3/c1-13(2)14(3,4)21-15(20-13)12-6-10(8-17-18-16)5-11(7-12)9-19/h5-7,9H,8H2,1-4H3. The van der Waals surface area contributed by atoms with Gasteiger partial charge in [0.15, 0.2) is 0 Å². The molecule has 0 aliphatic carbocycles. The summed E-state index contributed by atoms with van der Waals surface area (Å²) < 4.78 is 11.9. The molecule has 110 valence electrons. The van der Waals surface area contributed by atoms with Gasteiger partial charge < -0.3 is 9.31 Å². The topological polar surface area (TPSA) is 84.3 Å². The molecule has 21 heavy (non-hydrogen) atoms. The molecule has 0 bridgehead atoms. The van der Waals surface area contributed by atoms with Crippen LogP contribution in [0.5, 0.6) is 0 Å². The molecular weight excluding hydrogens is 269 g/mol. The molecule has 1 aliphatic heterocycles. The highest BCUT2D eigenvalue weighted by molar-refractivity contribution is 6.62. The van der Waals surface area contributed by atoms with E-state index >= 15 is 0 Å². The van der Waals surface area contributed by atoms with Crippen LogP contribution in [0, 0.1) is 0 Å². The zero-order valence-electron chi connectivity index (χ0n) is 12.7. The maximum atomic E-state index is 11.1. The van der Waals surface area contributed by atoms with Crippen LogP contribution < -0.4 is 5.46 Å². The van der Waals surface area contributed by atoms with Crippen LogP contribution in [0.15, 0.2) is 23.3 Å². The fourth-order valence-corrected chi connectivity index (χ4v) is 2.13. The quantitative estimate of drug-likeness (QED) is 0.280. The number of benzene rings is 1. The molecule has 1 saturated heterocycles. The second kappa shape index (κ2) is 5.52. The molecule has 1 aromatic rings. The van der Waals surface area contributed by atoms with Gasteiger partial charge in [0.05, 0.1) is 17.7 Å². The van der Waals surface area contributed by atoms with Gasteiger partial charge in [0.1, 0.15) is 6.29 Å². The van der Waals surface area contributed by atoms with Gasteiger partial charge >= 0.3 is 7.12 Å². The summed E-state index contributed by atoms with van der Waals surface area (Å²) in [6, 6.07) is 5.26. The molecule has 0 amide bonds. The molecule has 0 aromatic heterocycles. The van der Waals surface area contributed by atoms with Gasteiger partial charge in [-0.2, -0.15) is 0 Å². The lowest BCUT2D eigenvalue weighted by Gasteiger charge is -2.32. The van der Waals surface area contributed by atoms with Crippen molar-refractivity contribution in [3.63, 3.8) is 0 Å². The first-order valence-electron chi connectivity index (χ1n) is 6.74. The molecule has 2 rings (SSSR count). The Morgan fingerprint density at radius 2 is 1.86 bits per heavy atom. The highest BCUT2D eigenvalue weighted by Crippen LogP contribution is 2.36. The normalized spacial score (nSPS) is 19.1. The zero-order valence-corrected chi connectivity index (χ0v) is 12.7. The van der Waals surface area contributed by atoms with Crippen LogP contribution in [0.1, 0.15) is 43.6 Å². The number of hydrogen-bond acceptors (Lipinski definition) is 4. The van der Waals surface area contributed by atoms with Crippen molar-refractivity contribution in [2.45, 2.75) is 45.4 Å². The molecule has 6 nitrogen and oxygen atoms in total. The molecule has 0 spiro atoms. The summed E-state index contributed by atoms with van der Waals surface area (Å²) in [6.07, 6.45) is 0.758. The first-order valence-corrected chi connectivity index (χ1v) is 6.74. The van der Waals surface area contributed by atoms with Gasteiger partial charge in [-0.1, -0.05) is 17.2 Å². The van der Waals surface area contributed by atoms with Gasteiger partial charge in [-0.15, -0.1) is 0 Å². The number of carbonyl (C=O) groups excluding carboxylic acids is 1. The number of carbonyl (C=O) groups is 1. The smallest absolute Gasteiger partial charge is 0.399 e. The predicted molar refractivity (Wildman–Crippen MR) is 80.4 cm³/mol. The summed E-state index contributed by atoms with van der Waals surface area (Å²) in [5, 5.41) is 3.53. The molecule has 0 saturated carbocycles. The summed E-state index contributed by atoms with van der Waals surface area (Å²) in [5.74, 6) is 0. The van der Waals surface area contributed by atoms with Gasteiger partial charge in [-0.25, -0.2) is 0 Å². The van der Waals surface area contributed by atoms with E-state index < -0.39 is 18.3 Å². The Kier molecular flexibility index (Phi) is 4.09. The zero-order chi connectivity index (χ0) is 15.7. The number of hydrogen-bond donors (Lipinski definition) is 0. The number of nitrogens with zero attached hydrogens (tertiary/aromatic N) is 3. The molecule has 1 aromatic carbocycles. The highest BCUT2D eigenvalue weighted by atomic mass is 16.7. The minimum atomic E-state index is -0.542. The highest BCUT2D eigenvalue weighted by Gasteiger charge is 2.51. The van der Waals surface area contributed by atoms with E-state index in [0.717, 1.165) is 17.3 Å². The lowest BCUT2D eigenvalue weighted by Crippen LogP contribution is -2.41. The van der Waals surface area contributed by atoms with Crippen LogP contribution in [-0.4, -0.2) is 24.6 Å². The van der Waals surface area contributed by atoms with E-state index in [4.69, 9.17) is 14.8 Å². The Hall–Kier alpha value is -1.82. The van der Waals surface area contributed by atoms with Crippen molar-refractivity contribution in [3.8, 4) is 0 Å². The van der Waals surface area contributed by atoms with Crippen molar-refractivity contribution < 1.29 is 14.1 Å². The lowest BCUT2D eigenvalue weighted by molar-refractivity contribution is 0.00578. The third-order valence-corrected chi connectivity index (χ3v) is 4.02. The van der Waals surface area contributed by atoms with E-state index in [1.807, 2.05) is 33.8 Å². The van der Waals surface area contributed by atoms with Crippen molar-refractivity contribution in [2.75, 3.05) is 0 Å². The fraction of sp³-hybridized carbons (Fsp3) is 0.500. The third-order valence-electron chi connectivity index (χ3n) is 4.02. The molecule has 1 aliphatic rings. The second-order valence-electron chi connectivity index (χ2n) is 6.10. The molecule has 0 radical (unpaired) electrons. The molecule has 7 heteroatoms. The largest absolute Gasteiger partial charge is 0.494 e. The van der Waals surface area contributed by atoms with Gasteiger partial charge in [-0.3, -0.25) is 4.79 Å². The van der Waals surface area contributed by atoms with E-state index in [1.54, 1.807) is 12.1 Å². The molecule has 0 atom stereocenters.